The second-order valence-electron chi connectivity index (χ2n) is 13.2. The van der Waals surface area contributed by atoms with Crippen LogP contribution in [0.25, 0.3) is 0 Å². The summed E-state index contributed by atoms with van der Waals surface area (Å²) in [4.78, 5) is 0. The van der Waals surface area contributed by atoms with Gasteiger partial charge in [-0.1, -0.05) is 181 Å². The summed E-state index contributed by atoms with van der Waals surface area (Å²) in [6.45, 7) is 5.45. The van der Waals surface area contributed by atoms with E-state index >= 15 is 0 Å². The van der Waals surface area contributed by atoms with Gasteiger partial charge in [0.25, 0.3) is 0 Å². The van der Waals surface area contributed by atoms with Crippen molar-refractivity contribution in [2.24, 2.45) is 0 Å². The van der Waals surface area contributed by atoms with E-state index in [-0.39, 0.29) is 18.5 Å². The largest absolute Gasteiger partial charge is 0.396 e. The highest BCUT2D eigenvalue weighted by Crippen LogP contribution is 2.35. The molecule has 0 aliphatic carbocycles. The molecule has 0 aromatic heterocycles. The van der Waals surface area contributed by atoms with Crippen molar-refractivity contribution in [3.8, 4) is 0 Å². The van der Waals surface area contributed by atoms with Gasteiger partial charge in [0.2, 0.25) is 0 Å². The fourth-order valence-electron chi connectivity index (χ4n) is 6.47. The third-order valence-electron chi connectivity index (χ3n) is 9.19. The average molecular weight is 567 g/mol. The summed E-state index contributed by atoms with van der Waals surface area (Å²) in [5.74, 6) is -0.367. The zero-order valence-corrected chi connectivity index (χ0v) is 27.7. The number of hydrogen-bond donors (Lipinski definition) is 1. The molecule has 1 saturated heterocycles. The Balaban J connectivity index is 2.03. The van der Waals surface area contributed by atoms with Crippen LogP contribution in [0.4, 0.5) is 0 Å². The Morgan fingerprint density at radius 3 is 1.07 bits per heavy atom. The first-order valence-electron chi connectivity index (χ1n) is 18.7. The van der Waals surface area contributed by atoms with Crippen LogP contribution >= 0.6 is 0 Å². The van der Waals surface area contributed by atoms with E-state index in [1.807, 2.05) is 0 Å². The molecule has 3 heteroatoms. The Hall–Kier alpha value is -0.120. The summed E-state index contributed by atoms with van der Waals surface area (Å²) in [6, 6.07) is 0. The predicted octanol–water partition coefficient (Wildman–Crippen LogP) is 12.2. The second-order valence-corrected chi connectivity index (χ2v) is 13.2. The van der Waals surface area contributed by atoms with E-state index in [1.165, 1.54) is 180 Å². The molecule has 1 fully saturated rings. The standard InChI is InChI=1S/C37H74O3/c1-3-5-7-9-11-13-15-17-19-21-23-25-27-29-32-37(39-35-36(40-37)31-34-38)33-30-28-26-24-22-20-18-16-14-12-10-8-6-4-2/h36,38H,3-35H2,1-2H3/t36-/m0/s1. The highest BCUT2D eigenvalue weighted by molar-refractivity contribution is 4.79. The highest BCUT2D eigenvalue weighted by Gasteiger charge is 2.40. The lowest BCUT2D eigenvalue weighted by Gasteiger charge is -2.28. The lowest BCUT2D eigenvalue weighted by atomic mass is 9.98. The van der Waals surface area contributed by atoms with Gasteiger partial charge in [-0.2, -0.15) is 0 Å². The molecule has 1 aliphatic rings. The SMILES string of the molecule is CCCCCCCCCCCCCCCCC1(CCCCCCCCCCCCCCCC)OC[C@H](CCO)O1. The third kappa shape index (κ3) is 22.5. The van der Waals surface area contributed by atoms with Crippen LogP contribution in [0.15, 0.2) is 0 Å². The van der Waals surface area contributed by atoms with Gasteiger partial charge in [-0.05, 0) is 19.3 Å². The quantitative estimate of drug-likeness (QED) is 0.0823. The van der Waals surface area contributed by atoms with Crippen molar-refractivity contribution in [3.05, 3.63) is 0 Å². The van der Waals surface area contributed by atoms with Crippen LogP contribution < -0.4 is 0 Å². The maximum absolute atomic E-state index is 9.38. The maximum Gasteiger partial charge on any atom is 0.168 e. The van der Waals surface area contributed by atoms with Crippen LogP contribution in [0, 0.1) is 0 Å². The van der Waals surface area contributed by atoms with E-state index in [4.69, 9.17) is 9.47 Å². The first-order chi connectivity index (χ1) is 19.8. The highest BCUT2D eigenvalue weighted by atomic mass is 16.7. The molecule has 0 amide bonds. The molecule has 0 aromatic carbocycles. The molecule has 0 radical (unpaired) electrons. The number of aliphatic hydroxyl groups is 1. The van der Waals surface area contributed by atoms with Crippen molar-refractivity contribution in [1.82, 2.24) is 0 Å². The van der Waals surface area contributed by atoms with Gasteiger partial charge in [-0.3, -0.25) is 0 Å². The first kappa shape index (κ1) is 37.9. The van der Waals surface area contributed by atoms with E-state index in [2.05, 4.69) is 13.8 Å². The molecule has 0 aromatic rings. The van der Waals surface area contributed by atoms with Crippen molar-refractivity contribution >= 4 is 0 Å². The molecule has 1 atom stereocenters. The molecule has 0 bridgehead atoms. The number of aliphatic hydroxyl groups excluding tert-OH is 1. The first-order valence-corrected chi connectivity index (χ1v) is 18.7. The Morgan fingerprint density at radius 1 is 0.475 bits per heavy atom. The molecule has 1 aliphatic heterocycles. The van der Waals surface area contributed by atoms with Gasteiger partial charge in [-0.15, -0.1) is 0 Å². The Bertz CT molecular complexity index is 462. The smallest absolute Gasteiger partial charge is 0.168 e. The van der Waals surface area contributed by atoms with E-state index in [9.17, 15) is 5.11 Å². The van der Waals surface area contributed by atoms with Crippen LogP contribution in [0.2, 0.25) is 0 Å². The van der Waals surface area contributed by atoms with Crippen molar-refractivity contribution in [3.63, 3.8) is 0 Å². The predicted molar refractivity (Wildman–Crippen MR) is 175 cm³/mol. The van der Waals surface area contributed by atoms with Gasteiger partial charge < -0.3 is 14.6 Å². The van der Waals surface area contributed by atoms with E-state index in [0.717, 1.165) is 12.8 Å². The van der Waals surface area contributed by atoms with Gasteiger partial charge in [0, 0.05) is 19.4 Å². The topological polar surface area (TPSA) is 38.7 Å². The zero-order chi connectivity index (χ0) is 28.8. The van der Waals surface area contributed by atoms with Crippen LogP contribution in [0.3, 0.4) is 0 Å². The second kappa shape index (κ2) is 29.0. The van der Waals surface area contributed by atoms with Crippen molar-refractivity contribution in [2.75, 3.05) is 13.2 Å². The maximum atomic E-state index is 9.38. The molecule has 0 unspecified atom stereocenters. The van der Waals surface area contributed by atoms with E-state index < -0.39 is 0 Å². The molecule has 240 valence electrons. The zero-order valence-electron chi connectivity index (χ0n) is 27.7. The minimum atomic E-state index is -0.367. The lowest BCUT2D eigenvalue weighted by molar-refractivity contribution is -0.180. The van der Waals surface area contributed by atoms with Gasteiger partial charge in [0.1, 0.15) is 0 Å². The van der Waals surface area contributed by atoms with Crippen LogP contribution in [-0.4, -0.2) is 30.2 Å². The summed E-state index contributed by atoms with van der Waals surface area (Å²) < 4.78 is 12.7. The van der Waals surface area contributed by atoms with Gasteiger partial charge in [0.05, 0.1) is 12.7 Å². The van der Waals surface area contributed by atoms with Crippen LogP contribution in [0.1, 0.15) is 213 Å². The van der Waals surface area contributed by atoms with E-state index in [1.54, 1.807) is 0 Å². The Labute approximate surface area is 252 Å². The normalized spacial score (nSPS) is 16.7. The number of ether oxygens (including phenoxy) is 2. The molecule has 1 rings (SSSR count). The summed E-state index contributed by atoms with van der Waals surface area (Å²) in [6.07, 6.45) is 41.9. The fraction of sp³-hybridized carbons (Fsp3) is 1.00. The summed E-state index contributed by atoms with van der Waals surface area (Å²) >= 11 is 0. The van der Waals surface area contributed by atoms with Gasteiger partial charge >= 0.3 is 0 Å². The van der Waals surface area contributed by atoms with Crippen molar-refractivity contribution in [2.45, 2.75) is 225 Å². The number of hydrogen-bond acceptors (Lipinski definition) is 3. The monoisotopic (exact) mass is 567 g/mol. The average Bonchev–Trinajstić information content (AvgIpc) is 3.36. The number of rotatable bonds is 32. The fourth-order valence-corrected chi connectivity index (χ4v) is 6.47. The van der Waals surface area contributed by atoms with Gasteiger partial charge in [0.15, 0.2) is 5.79 Å². The molecular weight excluding hydrogens is 492 g/mol. The van der Waals surface area contributed by atoms with Gasteiger partial charge in [-0.25, -0.2) is 0 Å². The Kier molecular flexibility index (Phi) is 27.5. The van der Waals surface area contributed by atoms with Crippen LogP contribution in [0.5, 0.6) is 0 Å². The molecule has 0 spiro atoms. The van der Waals surface area contributed by atoms with Crippen molar-refractivity contribution in [1.29, 1.82) is 0 Å². The molecule has 3 nitrogen and oxygen atoms in total. The molecule has 1 heterocycles. The summed E-state index contributed by atoms with van der Waals surface area (Å²) in [7, 11) is 0. The van der Waals surface area contributed by atoms with E-state index in [0.29, 0.717) is 13.0 Å². The molecule has 40 heavy (non-hydrogen) atoms. The van der Waals surface area contributed by atoms with Crippen molar-refractivity contribution < 1.29 is 14.6 Å². The summed E-state index contributed by atoms with van der Waals surface area (Å²) in [5, 5.41) is 9.38. The summed E-state index contributed by atoms with van der Waals surface area (Å²) in [5.41, 5.74) is 0. The molecule has 1 N–H and O–H groups in total. The third-order valence-corrected chi connectivity index (χ3v) is 9.19. The molecule has 0 saturated carbocycles. The molecular formula is C37H74O3. The Morgan fingerprint density at radius 2 is 0.775 bits per heavy atom. The van der Waals surface area contributed by atoms with Crippen LogP contribution in [-0.2, 0) is 9.47 Å². The minimum absolute atomic E-state index is 0.0864. The number of unbranched alkanes of at least 4 members (excludes halogenated alkanes) is 26. The lowest BCUT2D eigenvalue weighted by Crippen LogP contribution is -2.31. The minimum Gasteiger partial charge on any atom is -0.396 e.